The molecule has 4 unspecified atom stereocenters. The molecule has 0 spiro atoms. The van der Waals surface area contributed by atoms with Gasteiger partial charge in [-0.2, -0.15) is 12.6 Å². The first-order valence-electron chi connectivity index (χ1n) is 11.2. The van der Waals surface area contributed by atoms with Gasteiger partial charge in [0.1, 0.15) is 18.1 Å². The first kappa shape index (κ1) is 29.9. The molecule has 194 valence electrons. The predicted molar refractivity (Wildman–Crippen MR) is 132 cm³/mol. The second kappa shape index (κ2) is 15.0. The van der Waals surface area contributed by atoms with Crippen LogP contribution in [0.25, 0.3) is 0 Å². The lowest BCUT2D eigenvalue weighted by molar-refractivity contribution is -0.143. The maximum Gasteiger partial charge on any atom is 0.326 e. The van der Waals surface area contributed by atoms with Crippen LogP contribution in [0.1, 0.15) is 38.7 Å². The van der Waals surface area contributed by atoms with E-state index in [1.54, 1.807) is 13.8 Å². The number of benzene rings is 1. The quantitative estimate of drug-likeness (QED) is 0.160. The summed E-state index contributed by atoms with van der Waals surface area (Å²) in [4.78, 5) is 60.5. The molecule has 3 amide bonds. The molecule has 0 aliphatic rings. The minimum atomic E-state index is -1.33. The molecular weight excluding hydrogens is 476 g/mol. The van der Waals surface area contributed by atoms with E-state index >= 15 is 0 Å². The molecule has 0 aliphatic heterocycles. The fourth-order valence-electron chi connectivity index (χ4n) is 3.21. The number of nitrogens with two attached hydrogens (primary N) is 1. The minimum absolute atomic E-state index is 0.0349. The molecular formula is C23H34N4O7S. The molecule has 0 saturated carbocycles. The normalized spacial score (nSPS) is 14.3. The van der Waals surface area contributed by atoms with Gasteiger partial charge in [0.2, 0.25) is 17.7 Å². The van der Waals surface area contributed by atoms with E-state index < -0.39 is 60.2 Å². The van der Waals surface area contributed by atoms with Crippen molar-refractivity contribution in [2.24, 2.45) is 11.7 Å². The molecule has 7 N–H and O–H groups in total. The smallest absolute Gasteiger partial charge is 0.326 e. The Hall–Kier alpha value is -3.12. The number of thiol groups is 1. The van der Waals surface area contributed by atoms with Crippen molar-refractivity contribution in [3.05, 3.63) is 35.9 Å². The molecule has 35 heavy (non-hydrogen) atoms. The lowest BCUT2D eigenvalue weighted by Crippen LogP contribution is -2.58. The monoisotopic (exact) mass is 510 g/mol. The highest BCUT2D eigenvalue weighted by molar-refractivity contribution is 7.80. The summed E-state index contributed by atoms with van der Waals surface area (Å²) in [5.41, 5.74) is 6.79. The highest BCUT2D eigenvalue weighted by Gasteiger charge is 2.30. The van der Waals surface area contributed by atoms with Crippen LogP contribution in [-0.2, 0) is 30.4 Å². The summed E-state index contributed by atoms with van der Waals surface area (Å²) >= 11 is 4.09. The molecule has 1 aromatic carbocycles. The van der Waals surface area contributed by atoms with E-state index in [1.807, 2.05) is 30.3 Å². The molecule has 0 bridgehead atoms. The van der Waals surface area contributed by atoms with Gasteiger partial charge in [-0.05, 0) is 30.7 Å². The van der Waals surface area contributed by atoms with Crippen molar-refractivity contribution in [3.8, 4) is 0 Å². The van der Waals surface area contributed by atoms with Crippen molar-refractivity contribution in [2.75, 3.05) is 5.75 Å². The van der Waals surface area contributed by atoms with Gasteiger partial charge >= 0.3 is 11.9 Å². The Bertz CT molecular complexity index is 882. The maximum atomic E-state index is 12.8. The molecule has 0 heterocycles. The number of hydrogen-bond acceptors (Lipinski definition) is 7. The van der Waals surface area contributed by atoms with Gasteiger partial charge < -0.3 is 31.9 Å². The van der Waals surface area contributed by atoms with Gasteiger partial charge in [0.25, 0.3) is 0 Å². The van der Waals surface area contributed by atoms with Crippen LogP contribution < -0.4 is 21.7 Å². The van der Waals surface area contributed by atoms with E-state index in [9.17, 15) is 29.1 Å². The van der Waals surface area contributed by atoms with Gasteiger partial charge in [0.05, 0.1) is 6.04 Å². The first-order chi connectivity index (χ1) is 16.4. The summed E-state index contributed by atoms with van der Waals surface area (Å²) in [6, 6.07) is 4.44. The molecule has 12 heteroatoms. The second-order valence-electron chi connectivity index (χ2n) is 8.56. The highest BCUT2D eigenvalue weighted by atomic mass is 32.1. The van der Waals surface area contributed by atoms with Crippen LogP contribution in [0, 0.1) is 5.92 Å². The number of rotatable bonds is 15. The van der Waals surface area contributed by atoms with E-state index in [4.69, 9.17) is 10.8 Å². The molecule has 1 aromatic rings. The fraction of sp³-hybridized carbons (Fsp3) is 0.522. The maximum absolute atomic E-state index is 12.8. The van der Waals surface area contributed by atoms with Crippen molar-refractivity contribution in [1.82, 2.24) is 16.0 Å². The van der Waals surface area contributed by atoms with Gasteiger partial charge in [-0.15, -0.1) is 0 Å². The van der Waals surface area contributed by atoms with E-state index in [0.717, 1.165) is 5.56 Å². The van der Waals surface area contributed by atoms with Crippen molar-refractivity contribution in [3.63, 3.8) is 0 Å². The molecule has 0 radical (unpaired) electrons. The number of amides is 3. The van der Waals surface area contributed by atoms with Crippen LogP contribution in [-0.4, -0.2) is 69.8 Å². The molecule has 1 rings (SSSR count). The number of aliphatic carboxylic acids is 2. The summed E-state index contributed by atoms with van der Waals surface area (Å²) in [5, 5.41) is 25.6. The van der Waals surface area contributed by atoms with E-state index in [0.29, 0.717) is 0 Å². The third-order valence-corrected chi connectivity index (χ3v) is 5.42. The molecule has 0 saturated heterocycles. The van der Waals surface area contributed by atoms with Crippen molar-refractivity contribution in [2.45, 2.75) is 63.7 Å². The Labute approximate surface area is 209 Å². The van der Waals surface area contributed by atoms with E-state index in [1.165, 1.54) is 0 Å². The summed E-state index contributed by atoms with van der Waals surface area (Å²) in [5.74, 6) is -4.80. The number of carboxylic acids is 2. The van der Waals surface area contributed by atoms with E-state index in [-0.39, 0.29) is 30.9 Å². The Balaban J connectivity index is 2.86. The zero-order valence-electron chi connectivity index (χ0n) is 19.8. The average Bonchev–Trinajstić information content (AvgIpc) is 2.79. The van der Waals surface area contributed by atoms with Gasteiger partial charge in [-0.1, -0.05) is 44.2 Å². The van der Waals surface area contributed by atoms with Gasteiger partial charge in [-0.3, -0.25) is 19.2 Å². The number of hydrogen-bond donors (Lipinski definition) is 7. The summed E-state index contributed by atoms with van der Waals surface area (Å²) in [7, 11) is 0. The molecule has 0 aliphatic carbocycles. The summed E-state index contributed by atoms with van der Waals surface area (Å²) < 4.78 is 0. The van der Waals surface area contributed by atoms with Crippen molar-refractivity contribution >= 4 is 42.3 Å². The zero-order valence-corrected chi connectivity index (χ0v) is 20.7. The molecule has 0 fully saturated rings. The highest BCUT2D eigenvalue weighted by Crippen LogP contribution is 2.08. The number of carboxylic acid groups (broad SMARTS) is 2. The van der Waals surface area contributed by atoms with Crippen molar-refractivity contribution in [1.29, 1.82) is 0 Å². The number of carbonyl (C=O) groups excluding carboxylic acids is 3. The Morgan fingerprint density at radius 2 is 1.43 bits per heavy atom. The van der Waals surface area contributed by atoms with Gasteiger partial charge in [-0.25, -0.2) is 4.79 Å². The lowest BCUT2D eigenvalue weighted by Gasteiger charge is -2.24. The van der Waals surface area contributed by atoms with Crippen LogP contribution in [0.15, 0.2) is 30.3 Å². The lowest BCUT2D eigenvalue weighted by atomic mass is 10.0. The minimum Gasteiger partial charge on any atom is -0.481 e. The Morgan fingerprint density at radius 3 is 1.94 bits per heavy atom. The third kappa shape index (κ3) is 11.2. The van der Waals surface area contributed by atoms with Crippen LogP contribution in [0.3, 0.4) is 0 Å². The van der Waals surface area contributed by atoms with Crippen LogP contribution in [0.2, 0.25) is 0 Å². The Kier molecular flexibility index (Phi) is 12.8. The summed E-state index contributed by atoms with van der Waals surface area (Å²) in [6.45, 7) is 3.57. The average molecular weight is 511 g/mol. The van der Waals surface area contributed by atoms with Crippen molar-refractivity contribution < 1.29 is 34.2 Å². The van der Waals surface area contributed by atoms with Gasteiger partial charge in [0.15, 0.2) is 0 Å². The SMILES string of the molecule is CC(C)CC(NC(=O)C(CCC(=O)O)NC(=O)C(CS)NC(=O)C(N)Cc1ccccc1)C(=O)O. The van der Waals surface area contributed by atoms with Crippen LogP contribution in [0.5, 0.6) is 0 Å². The number of carbonyl (C=O) groups is 5. The third-order valence-electron chi connectivity index (χ3n) is 5.05. The first-order valence-corrected chi connectivity index (χ1v) is 11.8. The Morgan fingerprint density at radius 1 is 0.886 bits per heavy atom. The zero-order chi connectivity index (χ0) is 26.5. The van der Waals surface area contributed by atoms with Crippen LogP contribution >= 0.6 is 12.6 Å². The van der Waals surface area contributed by atoms with Gasteiger partial charge in [0, 0.05) is 12.2 Å². The van der Waals surface area contributed by atoms with Crippen LogP contribution in [0.4, 0.5) is 0 Å². The largest absolute Gasteiger partial charge is 0.481 e. The standard InChI is InChI=1S/C23H34N4O7S/c1-13(2)10-17(23(33)34)26-21(31)16(8-9-19(28)29)25-22(32)18(12-35)27-20(30)15(24)11-14-6-4-3-5-7-14/h3-7,13,15-18,35H,8-12,24H2,1-2H3,(H,25,32)(H,26,31)(H,27,30)(H,28,29)(H,33,34). The molecule has 11 nitrogen and oxygen atoms in total. The fourth-order valence-corrected chi connectivity index (χ4v) is 3.46. The predicted octanol–water partition coefficient (Wildman–Crippen LogP) is -0.0639. The topological polar surface area (TPSA) is 188 Å². The number of nitrogens with one attached hydrogen (secondary N) is 3. The van der Waals surface area contributed by atoms with E-state index in [2.05, 4.69) is 28.6 Å². The summed E-state index contributed by atoms with van der Waals surface area (Å²) in [6.07, 6.45) is -0.333. The molecule has 4 atom stereocenters. The second-order valence-corrected chi connectivity index (χ2v) is 8.93. The molecule has 0 aromatic heterocycles.